The minimum Gasteiger partial charge on any atom is -0.268 e. The van der Waals surface area contributed by atoms with E-state index in [2.05, 4.69) is 4.98 Å². The molecule has 0 radical (unpaired) electrons. The number of pyridine rings is 1. The van der Waals surface area contributed by atoms with Gasteiger partial charge in [-0.15, -0.1) is 0 Å². The predicted molar refractivity (Wildman–Crippen MR) is 93.1 cm³/mol. The van der Waals surface area contributed by atoms with E-state index in [0.29, 0.717) is 18.3 Å². The molecule has 0 fully saturated rings. The third-order valence-electron chi connectivity index (χ3n) is 3.87. The van der Waals surface area contributed by atoms with Gasteiger partial charge in [-0.3, -0.25) is 9.82 Å². The highest BCUT2D eigenvalue weighted by Gasteiger charge is 2.34. The number of hydroxylamine groups is 1. The molecular formula is C20H16F4N2O. The van der Waals surface area contributed by atoms with Gasteiger partial charge in [0.1, 0.15) is 12.4 Å². The Morgan fingerprint density at radius 3 is 2.30 bits per heavy atom. The molecule has 0 aliphatic rings. The van der Waals surface area contributed by atoms with Crippen LogP contribution in [-0.2, 0) is 24.2 Å². The lowest BCUT2D eigenvalue weighted by Gasteiger charge is -2.25. The number of benzene rings is 2. The lowest BCUT2D eigenvalue weighted by molar-refractivity contribution is -0.139. The number of alkyl halides is 3. The third-order valence-corrected chi connectivity index (χ3v) is 3.87. The largest absolute Gasteiger partial charge is 0.416 e. The zero-order chi connectivity index (χ0) is 19.3. The van der Waals surface area contributed by atoms with Gasteiger partial charge in [0.05, 0.1) is 17.8 Å². The summed E-state index contributed by atoms with van der Waals surface area (Å²) >= 11 is 0. The van der Waals surface area contributed by atoms with Gasteiger partial charge in [-0.05, 0) is 47.5 Å². The summed E-state index contributed by atoms with van der Waals surface area (Å²) in [6, 6.07) is 15.2. The average molecular weight is 376 g/mol. The highest BCUT2D eigenvalue weighted by molar-refractivity contribution is 5.44. The first-order valence-electron chi connectivity index (χ1n) is 8.13. The molecule has 0 unspecified atom stereocenters. The van der Waals surface area contributed by atoms with Gasteiger partial charge in [0.2, 0.25) is 0 Å². The lowest BCUT2D eigenvalue weighted by atomic mass is 10.1. The quantitative estimate of drug-likeness (QED) is 0.427. The zero-order valence-electron chi connectivity index (χ0n) is 14.2. The van der Waals surface area contributed by atoms with Gasteiger partial charge in [-0.25, -0.2) is 9.45 Å². The molecule has 0 aliphatic carbocycles. The van der Waals surface area contributed by atoms with E-state index in [-0.39, 0.29) is 12.2 Å². The second-order valence-corrected chi connectivity index (χ2v) is 5.80. The number of hydrogen-bond donors (Lipinski definition) is 0. The first-order valence-corrected chi connectivity index (χ1v) is 8.13. The molecule has 0 bridgehead atoms. The maximum absolute atomic E-state index is 13.3. The van der Waals surface area contributed by atoms with Crippen LogP contribution in [0, 0.1) is 5.82 Å². The monoisotopic (exact) mass is 376 g/mol. The van der Waals surface area contributed by atoms with Gasteiger partial charge < -0.3 is 0 Å². The SMILES string of the molecule is Fc1ccc(CON(Cc2ccncc2)c2ccccc2)c(C(F)(F)F)c1. The van der Waals surface area contributed by atoms with Gasteiger partial charge in [0.15, 0.2) is 0 Å². The molecule has 0 N–H and O–H groups in total. The number of hydrogen-bond acceptors (Lipinski definition) is 3. The van der Waals surface area contributed by atoms with Crippen molar-refractivity contribution in [1.29, 1.82) is 0 Å². The minimum atomic E-state index is -4.66. The van der Waals surface area contributed by atoms with E-state index >= 15 is 0 Å². The summed E-state index contributed by atoms with van der Waals surface area (Å²) in [6.45, 7) is -0.0375. The number of rotatable bonds is 6. The molecule has 140 valence electrons. The fourth-order valence-corrected chi connectivity index (χ4v) is 2.55. The van der Waals surface area contributed by atoms with Crippen LogP contribution in [0.4, 0.5) is 23.2 Å². The number of halogens is 4. The van der Waals surface area contributed by atoms with Crippen molar-refractivity contribution >= 4 is 5.69 Å². The molecule has 7 heteroatoms. The summed E-state index contributed by atoms with van der Waals surface area (Å²) < 4.78 is 52.8. The first-order chi connectivity index (χ1) is 12.9. The van der Waals surface area contributed by atoms with Crippen LogP contribution in [0.3, 0.4) is 0 Å². The molecule has 0 saturated carbocycles. The Bertz CT molecular complexity index is 870. The fourth-order valence-electron chi connectivity index (χ4n) is 2.55. The van der Waals surface area contributed by atoms with E-state index in [1.807, 2.05) is 6.07 Å². The molecule has 0 aliphatic heterocycles. The summed E-state index contributed by atoms with van der Waals surface area (Å²) in [5.74, 6) is -0.942. The Labute approximate surface area is 153 Å². The normalized spacial score (nSPS) is 11.4. The van der Waals surface area contributed by atoms with Crippen molar-refractivity contribution in [2.75, 3.05) is 5.06 Å². The molecule has 3 aromatic rings. The van der Waals surface area contributed by atoms with Crippen LogP contribution in [0.2, 0.25) is 0 Å². The molecule has 3 rings (SSSR count). The van der Waals surface area contributed by atoms with Crippen LogP contribution in [0.1, 0.15) is 16.7 Å². The molecule has 0 amide bonds. The van der Waals surface area contributed by atoms with Gasteiger partial charge in [-0.2, -0.15) is 13.2 Å². The smallest absolute Gasteiger partial charge is 0.268 e. The standard InChI is InChI=1S/C20H16F4N2O/c21-17-7-6-16(19(12-17)20(22,23)24)14-27-26(18-4-2-1-3-5-18)13-15-8-10-25-11-9-15/h1-12H,13-14H2. The Hall–Kier alpha value is -2.93. The molecule has 2 aromatic carbocycles. The van der Waals surface area contributed by atoms with Crippen molar-refractivity contribution < 1.29 is 22.4 Å². The van der Waals surface area contributed by atoms with Crippen LogP contribution < -0.4 is 5.06 Å². The fraction of sp³-hybridized carbons (Fsp3) is 0.150. The Balaban J connectivity index is 1.83. The van der Waals surface area contributed by atoms with Crippen LogP contribution in [0.25, 0.3) is 0 Å². The van der Waals surface area contributed by atoms with Gasteiger partial charge in [0, 0.05) is 12.4 Å². The van der Waals surface area contributed by atoms with E-state index in [0.717, 1.165) is 17.7 Å². The first kappa shape index (κ1) is 18.8. The highest BCUT2D eigenvalue weighted by Crippen LogP contribution is 2.33. The molecule has 0 saturated heterocycles. The van der Waals surface area contributed by atoms with E-state index in [1.165, 1.54) is 5.06 Å². The van der Waals surface area contributed by atoms with Gasteiger partial charge in [-0.1, -0.05) is 24.3 Å². The average Bonchev–Trinajstić information content (AvgIpc) is 2.66. The zero-order valence-corrected chi connectivity index (χ0v) is 14.2. The van der Waals surface area contributed by atoms with Gasteiger partial charge >= 0.3 is 6.18 Å². The number of aromatic nitrogens is 1. The summed E-state index contributed by atoms with van der Waals surface area (Å²) in [4.78, 5) is 9.63. The summed E-state index contributed by atoms with van der Waals surface area (Å²) in [7, 11) is 0. The van der Waals surface area contributed by atoms with E-state index < -0.39 is 17.6 Å². The number of anilines is 1. The third kappa shape index (κ3) is 5.04. The van der Waals surface area contributed by atoms with Crippen LogP contribution in [-0.4, -0.2) is 4.98 Å². The van der Waals surface area contributed by atoms with Crippen molar-refractivity contribution in [3.05, 3.63) is 95.6 Å². The predicted octanol–water partition coefficient (Wildman–Crippen LogP) is 5.38. The Morgan fingerprint density at radius 2 is 1.63 bits per heavy atom. The van der Waals surface area contributed by atoms with E-state index in [4.69, 9.17) is 4.84 Å². The Morgan fingerprint density at radius 1 is 0.926 bits per heavy atom. The highest BCUT2D eigenvalue weighted by atomic mass is 19.4. The van der Waals surface area contributed by atoms with Crippen LogP contribution >= 0.6 is 0 Å². The molecule has 0 spiro atoms. The van der Waals surface area contributed by atoms with Crippen molar-refractivity contribution in [1.82, 2.24) is 4.98 Å². The maximum atomic E-state index is 13.3. The second-order valence-electron chi connectivity index (χ2n) is 5.80. The summed E-state index contributed by atoms with van der Waals surface area (Å²) in [6.07, 6.45) is -1.41. The van der Waals surface area contributed by atoms with Crippen molar-refractivity contribution in [2.45, 2.75) is 19.3 Å². The van der Waals surface area contributed by atoms with E-state index in [9.17, 15) is 17.6 Å². The lowest BCUT2D eigenvalue weighted by Crippen LogP contribution is -2.24. The van der Waals surface area contributed by atoms with Gasteiger partial charge in [0.25, 0.3) is 0 Å². The van der Waals surface area contributed by atoms with E-state index in [1.54, 1.807) is 48.8 Å². The number of nitrogens with zero attached hydrogens (tertiary/aromatic N) is 2. The van der Waals surface area contributed by atoms with Crippen molar-refractivity contribution in [2.24, 2.45) is 0 Å². The molecule has 1 aromatic heterocycles. The molecular weight excluding hydrogens is 360 g/mol. The molecule has 27 heavy (non-hydrogen) atoms. The van der Waals surface area contributed by atoms with Crippen LogP contribution in [0.15, 0.2) is 73.1 Å². The molecule has 0 atom stereocenters. The van der Waals surface area contributed by atoms with Crippen molar-refractivity contribution in [3.8, 4) is 0 Å². The molecule has 1 heterocycles. The summed E-state index contributed by atoms with van der Waals surface area (Å²) in [5, 5.41) is 1.50. The second kappa shape index (κ2) is 8.18. The van der Waals surface area contributed by atoms with Crippen molar-refractivity contribution in [3.63, 3.8) is 0 Å². The molecule has 3 nitrogen and oxygen atoms in total. The minimum absolute atomic E-state index is 0.139. The number of para-hydroxylation sites is 1. The Kier molecular flexibility index (Phi) is 5.71. The topological polar surface area (TPSA) is 25.4 Å². The summed E-state index contributed by atoms with van der Waals surface area (Å²) in [5.41, 5.74) is 0.382. The van der Waals surface area contributed by atoms with Crippen LogP contribution in [0.5, 0.6) is 0 Å². The maximum Gasteiger partial charge on any atom is 0.416 e.